The third-order valence-electron chi connectivity index (χ3n) is 6.14. The highest BCUT2D eigenvalue weighted by Crippen LogP contribution is 2.36. The summed E-state index contributed by atoms with van der Waals surface area (Å²) in [7, 11) is 0. The van der Waals surface area contributed by atoms with E-state index in [4.69, 9.17) is 5.73 Å². The molecule has 0 bridgehead atoms. The summed E-state index contributed by atoms with van der Waals surface area (Å²) in [5.74, 6) is -0.225. The van der Waals surface area contributed by atoms with Crippen LogP contribution in [-0.2, 0) is 9.59 Å². The Morgan fingerprint density at radius 2 is 2.03 bits per heavy atom. The molecule has 33 heavy (non-hydrogen) atoms. The SMILES string of the molecule is CC(=O)N1CCN(c2cc(-c3cc(C#N)c4c(N)ncnn34)ccc2[C@H](C)O)C(=O)C1(C)C. The fourth-order valence-corrected chi connectivity index (χ4v) is 4.46. The Kier molecular flexibility index (Phi) is 5.30. The lowest BCUT2D eigenvalue weighted by molar-refractivity contribution is -0.145. The standard InChI is InChI=1S/C23H25N7O3/c1-13(31)17-6-5-15(18-10-16(11-24)20-21(25)26-12-27-30(18)20)9-19(17)28-7-8-29(14(2)32)23(3,4)22(28)33/h5-6,9-10,12-13,31H,7-8H2,1-4H3,(H2,25,26,27)/t13-/m0/s1. The van der Waals surface area contributed by atoms with E-state index >= 15 is 0 Å². The predicted octanol–water partition coefficient (Wildman–Crippen LogP) is 1.88. The van der Waals surface area contributed by atoms with Crippen LogP contribution >= 0.6 is 0 Å². The highest BCUT2D eigenvalue weighted by molar-refractivity contribution is 6.03. The summed E-state index contributed by atoms with van der Waals surface area (Å²) in [5.41, 5.74) is 8.08. The van der Waals surface area contributed by atoms with Crippen molar-refractivity contribution in [1.29, 1.82) is 5.26 Å². The topological polar surface area (TPSA) is 141 Å². The van der Waals surface area contributed by atoms with Gasteiger partial charge in [0.05, 0.1) is 23.0 Å². The van der Waals surface area contributed by atoms with E-state index in [0.717, 1.165) is 0 Å². The number of amides is 2. The molecular formula is C23H25N7O3. The molecular weight excluding hydrogens is 422 g/mol. The minimum atomic E-state index is -1.03. The zero-order valence-corrected chi connectivity index (χ0v) is 18.9. The molecule has 0 radical (unpaired) electrons. The quantitative estimate of drug-likeness (QED) is 0.624. The van der Waals surface area contributed by atoms with Gasteiger partial charge in [-0.1, -0.05) is 12.1 Å². The van der Waals surface area contributed by atoms with Crippen LogP contribution in [0, 0.1) is 11.3 Å². The van der Waals surface area contributed by atoms with Crippen molar-refractivity contribution in [3.05, 3.63) is 41.7 Å². The Balaban J connectivity index is 1.88. The van der Waals surface area contributed by atoms with Gasteiger partial charge in [-0.2, -0.15) is 10.4 Å². The van der Waals surface area contributed by atoms with E-state index < -0.39 is 11.6 Å². The van der Waals surface area contributed by atoms with E-state index in [1.54, 1.807) is 59.4 Å². The van der Waals surface area contributed by atoms with Gasteiger partial charge in [-0.15, -0.1) is 0 Å². The van der Waals surface area contributed by atoms with E-state index in [2.05, 4.69) is 16.2 Å². The first-order valence-corrected chi connectivity index (χ1v) is 10.5. The first kappa shape index (κ1) is 22.2. The molecule has 2 aromatic heterocycles. The number of aliphatic hydroxyl groups excluding tert-OH is 1. The highest BCUT2D eigenvalue weighted by atomic mass is 16.3. The largest absolute Gasteiger partial charge is 0.389 e. The number of benzene rings is 1. The summed E-state index contributed by atoms with van der Waals surface area (Å²) in [5, 5.41) is 24.2. The lowest BCUT2D eigenvalue weighted by Gasteiger charge is -2.46. The molecule has 1 fully saturated rings. The lowest BCUT2D eigenvalue weighted by atomic mass is 9.94. The third kappa shape index (κ3) is 3.47. The van der Waals surface area contributed by atoms with Crippen LogP contribution in [0.15, 0.2) is 30.6 Å². The summed E-state index contributed by atoms with van der Waals surface area (Å²) in [6.45, 7) is 7.17. The second-order valence-electron chi connectivity index (χ2n) is 8.60. The van der Waals surface area contributed by atoms with E-state index in [1.807, 2.05) is 0 Å². The van der Waals surface area contributed by atoms with Crippen molar-refractivity contribution in [2.75, 3.05) is 23.7 Å². The first-order valence-electron chi connectivity index (χ1n) is 10.5. The smallest absolute Gasteiger partial charge is 0.252 e. The van der Waals surface area contributed by atoms with Crippen molar-refractivity contribution in [2.24, 2.45) is 0 Å². The number of piperazine rings is 1. The summed E-state index contributed by atoms with van der Waals surface area (Å²) in [6.07, 6.45) is 0.484. The fraction of sp³-hybridized carbons (Fsp3) is 0.348. The van der Waals surface area contributed by atoms with Crippen molar-refractivity contribution in [2.45, 2.75) is 39.3 Å². The molecule has 10 heteroatoms. The van der Waals surface area contributed by atoms with Crippen LogP contribution in [0.25, 0.3) is 16.8 Å². The molecule has 1 aromatic carbocycles. The first-order chi connectivity index (χ1) is 15.6. The van der Waals surface area contributed by atoms with E-state index in [1.165, 1.54) is 13.3 Å². The average molecular weight is 447 g/mol. The molecule has 2 amide bonds. The molecule has 0 unspecified atom stereocenters. The molecule has 1 atom stereocenters. The van der Waals surface area contributed by atoms with Crippen LogP contribution in [0.5, 0.6) is 0 Å². The van der Waals surface area contributed by atoms with Gasteiger partial charge in [0.2, 0.25) is 5.91 Å². The Labute approximate surface area is 190 Å². The van der Waals surface area contributed by atoms with Gasteiger partial charge in [0.25, 0.3) is 5.91 Å². The molecule has 0 spiro atoms. The maximum absolute atomic E-state index is 13.5. The lowest BCUT2D eigenvalue weighted by Crippen LogP contribution is -2.64. The highest BCUT2D eigenvalue weighted by Gasteiger charge is 2.44. The van der Waals surface area contributed by atoms with Crippen molar-refractivity contribution >= 4 is 28.8 Å². The fourth-order valence-electron chi connectivity index (χ4n) is 4.46. The number of carbonyl (C=O) groups excluding carboxylic acids is 2. The number of rotatable bonds is 3. The van der Waals surface area contributed by atoms with E-state index in [-0.39, 0.29) is 17.6 Å². The Hall–Kier alpha value is -3.97. The minimum absolute atomic E-state index is 0.168. The summed E-state index contributed by atoms with van der Waals surface area (Å²) in [4.78, 5) is 32.7. The van der Waals surface area contributed by atoms with Gasteiger partial charge in [-0.05, 0) is 32.9 Å². The van der Waals surface area contributed by atoms with Gasteiger partial charge in [-0.25, -0.2) is 9.50 Å². The number of fused-ring (bicyclic) bond motifs is 1. The number of carbonyl (C=O) groups is 2. The van der Waals surface area contributed by atoms with Crippen LogP contribution in [0.4, 0.5) is 11.5 Å². The molecule has 3 N–H and O–H groups in total. The summed E-state index contributed by atoms with van der Waals surface area (Å²) >= 11 is 0. The van der Waals surface area contributed by atoms with Gasteiger partial charge in [-0.3, -0.25) is 9.59 Å². The van der Waals surface area contributed by atoms with Crippen molar-refractivity contribution in [3.8, 4) is 17.3 Å². The number of aliphatic hydroxyl groups is 1. The summed E-state index contributed by atoms with van der Waals surface area (Å²) < 4.78 is 1.54. The zero-order valence-electron chi connectivity index (χ0n) is 18.9. The van der Waals surface area contributed by atoms with Crippen molar-refractivity contribution in [3.63, 3.8) is 0 Å². The average Bonchev–Trinajstić information content (AvgIpc) is 3.15. The van der Waals surface area contributed by atoms with E-state index in [0.29, 0.717) is 46.7 Å². The van der Waals surface area contributed by atoms with Crippen LogP contribution in [0.1, 0.15) is 44.9 Å². The molecule has 0 aliphatic carbocycles. The van der Waals surface area contributed by atoms with Crippen LogP contribution in [0.3, 0.4) is 0 Å². The number of nitrogen functional groups attached to an aromatic ring is 1. The Morgan fingerprint density at radius 1 is 1.30 bits per heavy atom. The number of hydrogen-bond acceptors (Lipinski definition) is 7. The van der Waals surface area contributed by atoms with Gasteiger partial charge >= 0.3 is 0 Å². The van der Waals surface area contributed by atoms with Gasteiger partial charge in [0.15, 0.2) is 5.82 Å². The van der Waals surface area contributed by atoms with Crippen LogP contribution < -0.4 is 10.6 Å². The molecule has 1 aliphatic rings. The molecule has 3 aromatic rings. The number of nitrogens with zero attached hydrogens (tertiary/aromatic N) is 6. The number of hydrogen-bond donors (Lipinski definition) is 2. The second kappa shape index (κ2) is 7.86. The molecule has 0 saturated carbocycles. The van der Waals surface area contributed by atoms with Crippen molar-refractivity contribution < 1.29 is 14.7 Å². The molecule has 4 rings (SSSR count). The Bertz CT molecular complexity index is 1320. The number of anilines is 2. The van der Waals surface area contributed by atoms with Gasteiger partial charge in [0.1, 0.15) is 23.5 Å². The number of aromatic nitrogens is 3. The van der Waals surface area contributed by atoms with Crippen molar-refractivity contribution in [1.82, 2.24) is 19.5 Å². The van der Waals surface area contributed by atoms with Crippen LogP contribution in [-0.4, -0.2) is 55.0 Å². The molecule has 170 valence electrons. The number of nitrogens with two attached hydrogens (primary N) is 1. The molecule has 1 aliphatic heterocycles. The molecule has 3 heterocycles. The monoisotopic (exact) mass is 447 g/mol. The normalized spacial score (nSPS) is 16.7. The summed E-state index contributed by atoms with van der Waals surface area (Å²) in [6, 6.07) is 9.13. The third-order valence-corrected chi connectivity index (χ3v) is 6.14. The van der Waals surface area contributed by atoms with Crippen LogP contribution in [0.2, 0.25) is 0 Å². The minimum Gasteiger partial charge on any atom is -0.389 e. The van der Waals surface area contributed by atoms with Gasteiger partial charge < -0.3 is 20.6 Å². The predicted molar refractivity (Wildman–Crippen MR) is 122 cm³/mol. The second-order valence-corrected chi connectivity index (χ2v) is 8.60. The molecule has 10 nitrogen and oxygen atoms in total. The Morgan fingerprint density at radius 3 is 2.67 bits per heavy atom. The zero-order chi connectivity index (χ0) is 24.1. The maximum Gasteiger partial charge on any atom is 0.252 e. The number of nitriles is 1. The maximum atomic E-state index is 13.5. The van der Waals surface area contributed by atoms with E-state index in [9.17, 15) is 20.0 Å². The molecule has 1 saturated heterocycles. The van der Waals surface area contributed by atoms with Gasteiger partial charge in [0, 0.05) is 31.1 Å².